The van der Waals surface area contributed by atoms with Crippen LogP contribution in [0.2, 0.25) is 0 Å². The number of rotatable bonds is 3. The van der Waals surface area contributed by atoms with Crippen molar-refractivity contribution in [2.75, 3.05) is 0 Å². The average molecular weight is 307 g/mol. The van der Waals surface area contributed by atoms with Crippen molar-refractivity contribution in [2.45, 2.75) is 17.7 Å². The molecule has 3 rings (SSSR count). The van der Waals surface area contributed by atoms with E-state index in [1.54, 1.807) is 12.3 Å². The number of thioether (sulfide) groups is 1. The van der Waals surface area contributed by atoms with Gasteiger partial charge >= 0.3 is 0 Å². The van der Waals surface area contributed by atoms with Crippen LogP contribution in [0.5, 0.6) is 0 Å². The first-order valence-corrected chi connectivity index (χ1v) is 7.78. The summed E-state index contributed by atoms with van der Waals surface area (Å²) in [5.41, 5.74) is 2.42. The number of nitriles is 1. The van der Waals surface area contributed by atoms with E-state index < -0.39 is 0 Å². The molecule has 0 saturated heterocycles. The van der Waals surface area contributed by atoms with Gasteiger partial charge in [0, 0.05) is 11.9 Å². The van der Waals surface area contributed by atoms with Crippen LogP contribution < -0.4 is 5.56 Å². The first-order valence-electron chi connectivity index (χ1n) is 6.79. The predicted octanol–water partition coefficient (Wildman–Crippen LogP) is 3.17. The minimum Gasteiger partial charge on any atom is -0.267 e. The number of benzene rings is 1. The number of aryl methyl sites for hydroxylation is 1. The van der Waals surface area contributed by atoms with E-state index in [1.807, 2.05) is 49.4 Å². The number of hydrogen-bond acceptors (Lipinski definition) is 4. The van der Waals surface area contributed by atoms with E-state index in [0.717, 1.165) is 11.1 Å². The maximum absolute atomic E-state index is 12.4. The van der Waals surface area contributed by atoms with Gasteiger partial charge in [0.15, 0.2) is 0 Å². The molecule has 0 atom stereocenters. The van der Waals surface area contributed by atoms with Crippen molar-refractivity contribution in [1.29, 1.82) is 5.26 Å². The third-order valence-electron chi connectivity index (χ3n) is 3.35. The second-order valence-electron chi connectivity index (χ2n) is 4.87. The predicted molar refractivity (Wildman–Crippen MR) is 86.9 cm³/mol. The number of hydrogen-bond donors (Lipinski definition) is 0. The molecule has 0 aliphatic heterocycles. The Morgan fingerprint density at radius 1 is 1.23 bits per heavy atom. The molecule has 0 radical (unpaired) electrons. The van der Waals surface area contributed by atoms with Gasteiger partial charge in [-0.3, -0.25) is 9.20 Å². The summed E-state index contributed by atoms with van der Waals surface area (Å²) in [5.74, 6) is 0.671. The van der Waals surface area contributed by atoms with Crippen LogP contribution in [0.25, 0.3) is 5.65 Å². The van der Waals surface area contributed by atoms with Crippen molar-refractivity contribution in [3.05, 3.63) is 75.7 Å². The monoisotopic (exact) mass is 307 g/mol. The normalized spacial score (nSPS) is 10.5. The van der Waals surface area contributed by atoms with E-state index in [0.29, 0.717) is 16.4 Å². The minimum atomic E-state index is -0.313. The quantitative estimate of drug-likeness (QED) is 0.551. The Hall–Kier alpha value is -2.58. The summed E-state index contributed by atoms with van der Waals surface area (Å²) in [6.07, 6.45) is 1.64. The van der Waals surface area contributed by atoms with Gasteiger partial charge < -0.3 is 0 Å². The standard InChI is InChI=1S/C17H13N3OS/c1-12-6-5-9-20-15(12)19-16(14(10-18)17(20)21)22-11-13-7-3-2-4-8-13/h2-9H,11H2,1H3. The Labute approximate surface area is 132 Å². The second kappa shape index (κ2) is 6.04. The van der Waals surface area contributed by atoms with Crippen molar-refractivity contribution in [3.8, 4) is 6.07 Å². The summed E-state index contributed by atoms with van der Waals surface area (Å²) >= 11 is 1.42. The summed E-state index contributed by atoms with van der Waals surface area (Å²) in [7, 11) is 0. The molecule has 2 heterocycles. The molecule has 108 valence electrons. The molecule has 4 nitrogen and oxygen atoms in total. The molecule has 0 unspecified atom stereocenters. The lowest BCUT2D eigenvalue weighted by Crippen LogP contribution is -2.19. The Morgan fingerprint density at radius 2 is 2.00 bits per heavy atom. The lowest BCUT2D eigenvalue weighted by Gasteiger charge is -2.08. The lowest BCUT2D eigenvalue weighted by molar-refractivity contribution is 0.959. The van der Waals surface area contributed by atoms with Crippen molar-refractivity contribution in [1.82, 2.24) is 9.38 Å². The molecule has 1 aromatic carbocycles. The van der Waals surface area contributed by atoms with Gasteiger partial charge in [0.2, 0.25) is 0 Å². The number of nitrogens with zero attached hydrogens (tertiary/aromatic N) is 3. The molecule has 2 aromatic heterocycles. The second-order valence-corrected chi connectivity index (χ2v) is 5.83. The van der Waals surface area contributed by atoms with Gasteiger partial charge in [-0.2, -0.15) is 5.26 Å². The molecule has 5 heteroatoms. The van der Waals surface area contributed by atoms with Crippen LogP contribution in [0.1, 0.15) is 16.7 Å². The van der Waals surface area contributed by atoms with Crippen molar-refractivity contribution < 1.29 is 0 Å². The molecule has 0 spiro atoms. The molecule has 3 aromatic rings. The van der Waals surface area contributed by atoms with Crippen LogP contribution in [0, 0.1) is 18.3 Å². The lowest BCUT2D eigenvalue weighted by atomic mass is 10.2. The Kier molecular flexibility index (Phi) is 3.94. The average Bonchev–Trinajstić information content (AvgIpc) is 2.55. The van der Waals surface area contributed by atoms with Crippen LogP contribution in [-0.2, 0) is 5.75 Å². The number of aromatic nitrogens is 2. The van der Waals surface area contributed by atoms with Crippen LogP contribution in [0.4, 0.5) is 0 Å². The smallest absolute Gasteiger partial charge is 0.267 e. The van der Waals surface area contributed by atoms with Gasteiger partial charge in [-0.05, 0) is 24.1 Å². The molecule has 0 saturated carbocycles. The number of fused-ring (bicyclic) bond motifs is 1. The topological polar surface area (TPSA) is 58.2 Å². The highest BCUT2D eigenvalue weighted by Crippen LogP contribution is 2.23. The summed E-state index contributed by atoms with van der Waals surface area (Å²) < 4.78 is 1.43. The van der Waals surface area contributed by atoms with Crippen LogP contribution >= 0.6 is 11.8 Å². The molecule has 0 aliphatic rings. The number of pyridine rings is 1. The summed E-state index contributed by atoms with van der Waals surface area (Å²) in [6.45, 7) is 1.90. The Bertz CT molecular complexity index is 926. The first kappa shape index (κ1) is 14.4. The molecule has 0 aliphatic carbocycles. The van der Waals surface area contributed by atoms with Gasteiger partial charge in [-0.15, -0.1) is 11.8 Å². The van der Waals surface area contributed by atoms with Gasteiger partial charge in [0.25, 0.3) is 5.56 Å². The minimum absolute atomic E-state index is 0.101. The summed E-state index contributed by atoms with van der Waals surface area (Å²) in [4.78, 5) is 17.0. The van der Waals surface area contributed by atoms with E-state index in [-0.39, 0.29) is 11.1 Å². The maximum Gasteiger partial charge on any atom is 0.276 e. The largest absolute Gasteiger partial charge is 0.276 e. The Morgan fingerprint density at radius 3 is 2.73 bits per heavy atom. The van der Waals surface area contributed by atoms with Crippen molar-refractivity contribution in [2.24, 2.45) is 0 Å². The highest BCUT2D eigenvalue weighted by molar-refractivity contribution is 7.98. The molecule has 0 amide bonds. The highest BCUT2D eigenvalue weighted by Gasteiger charge is 2.14. The van der Waals surface area contributed by atoms with E-state index in [2.05, 4.69) is 4.98 Å². The molecular formula is C17H13N3OS. The highest BCUT2D eigenvalue weighted by atomic mass is 32.2. The molecule has 0 bridgehead atoms. The van der Waals surface area contributed by atoms with Crippen LogP contribution in [-0.4, -0.2) is 9.38 Å². The van der Waals surface area contributed by atoms with Crippen LogP contribution in [0.3, 0.4) is 0 Å². The fraction of sp³-hybridized carbons (Fsp3) is 0.118. The molecular weight excluding hydrogens is 294 g/mol. The van der Waals surface area contributed by atoms with Crippen molar-refractivity contribution >= 4 is 17.4 Å². The zero-order chi connectivity index (χ0) is 15.5. The zero-order valence-electron chi connectivity index (χ0n) is 12.0. The SMILES string of the molecule is Cc1cccn2c(=O)c(C#N)c(SCc3ccccc3)nc12. The van der Waals surface area contributed by atoms with Gasteiger partial charge in [0.05, 0.1) is 0 Å². The molecule has 22 heavy (non-hydrogen) atoms. The van der Waals surface area contributed by atoms with Gasteiger partial charge in [-0.25, -0.2) is 4.98 Å². The summed E-state index contributed by atoms with van der Waals surface area (Å²) in [5, 5.41) is 9.80. The first-order chi connectivity index (χ1) is 10.7. The van der Waals surface area contributed by atoms with Gasteiger partial charge in [0.1, 0.15) is 22.3 Å². The molecule has 0 fully saturated rings. The van der Waals surface area contributed by atoms with E-state index >= 15 is 0 Å². The molecule has 0 N–H and O–H groups in total. The third kappa shape index (κ3) is 2.61. The zero-order valence-corrected chi connectivity index (χ0v) is 12.8. The summed E-state index contributed by atoms with van der Waals surface area (Å²) in [6, 6.07) is 15.6. The maximum atomic E-state index is 12.4. The van der Waals surface area contributed by atoms with E-state index in [1.165, 1.54) is 16.2 Å². The van der Waals surface area contributed by atoms with E-state index in [4.69, 9.17) is 0 Å². The third-order valence-corrected chi connectivity index (χ3v) is 4.39. The fourth-order valence-corrected chi connectivity index (χ4v) is 3.13. The van der Waals surface area contributed by atoms with Crippen LogP contribution in [0.15, 0.2) is 58.5 Å². The Balaban J connectivity index is 2.07. The van der Waals surface area contributed by atoms with Crippen molar-refractivity contribution in [3.63, 3.8) is 0 Å². The van der Waals surface area contributed by atoms with E-state index in [9.17, 15) is 10.1 Å². The fourth-order valence-electron chi connectivity index (χ4n) is 2.20. The van der Waals surface area contributed by atoms with Gasteiger partial charge in [-0.1, -0.05) is 36.4 Å².